The van der Waals surface area contributed by atoms with Gasteiger partial charge in [-0.25, -0.2) is 4.39 Å². The third kappa shape index (κ3) is 3.05. The zero-order valence-corrected chi connectivity index (χ0v) is 12.7. The fourth-order valence-corrected chi connectivity index (χ4v) is 2.52. The molecule has 0 fully saturated rings. The predicted molar refractivity (Wildman–Crippen MR) is 82.9 cm³/mol. The van der Waals surface area contributed by atoms with Gasteiger partial charge in [0.15, 0.2) is 5.78 Å². The van der Waals surface area contributed by atoms with Crippen molar-refractivity contribution in [3.05, 3.63) is 69.0 Å². The molecule has 0 aliphatic heterocycles. The van der Waals surface area contributed by atoms with Crippen molar-refractivity contribution in [2.75, 3.05) is 0 Å². The molecule has 2 rings (SSSR count). The van der Waals surface area contributed by atoms with E-state index in [1.165, 1.54) is 6.07 Å². The number of benzene rings is 2. The topological polar surface area (TPSA) is 40.9 Å². The Morgan fingerprint density at radius 3 is 2.55 bits per heavy atom. The van der Waals surface area contributed by atoms with Gasteiger partial charge in [-0.1, -0.05) is 36.4 Å². The Morgan fingerprint density at radius 2 is 1.90 bits per heavy atom. The first-order valence-electron chi connectivity index (χ1n) is 6.05. The molecule has 0 saturated heterocycles. The molecule has 0 aliphatic carbocycles. The van der Waals surface area contributed by atoms with Crippen molar-refractivity contribution in [2.24, 2.45) is 0 Å². The summed E-state index contributed by atoms with van der Waals surface area (Å²) in [5, 5.41) is 8.92. The molecule has 1 unspecified atom stereocenters. The number of ketones is 1. The van der Waals surface area contributed by atoms with Gasteiger partial charge in [-0.3, -0.25) is 4.79 Å². The third-order valence-corrected chi connectivity index (χ3v) is 3.86. The highest BCUT2D eigenvalue weighted by Gasteiger charge is 2.24. The molecule has 0 amide bonds. The van der Waals surface area contributed by atoms with Gasteiger partial charge in [0.05, 0.1) is 17.6 Å². The fourth-order valence-electron chi connectivity index (χ4n) is 2.02. The Balaban J connectivity index is 2.43. The lowest BCUT2D eigenvalue weighted by Crippen LogP contribution is -2.14. The number of nitrogens with zero attached hydrogens (tertiary/aromatic N) is 1. The van der Waals surface area contributed by atoms with Gasteiger partial charge in [0.25, 0.3) is 0 Å². The minimum Gasteiger partial charge on any atom is -0.293 e. The van der Waals surface area contributed by atoms with Crippen LogP contribution in [0.5, 0.6) is 0 Å². The number of rotatable bonds is 4. The maximum absolute atomic E-state index is 14.1. The van der Waals surface area contributed by atoms with Crippen LogP contribution in [0.2, 0.25) is 0 Å². The van der Waals surface area contributed by atoms with Crippen molar-refractivity contribution in [3.8, 4) is 6.07 Å². The van der Waals surface area contributed by atoms with Gasteiger partial charge in [-0.05, 0) is 40.3 Å². The molecule has 4 heteroatoms. The maximum atomic E-state index is 14.1. The van der Waals surface area contributed by atoms with E-state index in [0.29, 0.717) is 3.57 Å². The lowest BCUT2D eigenvalue weighted by Gasteiger charge is -2.14. The fraction of sp³-hybridized carbons (Fsp3) is 0.125. The summed E-state index contributed by atoms with van der Waals surface area (Å²) < 4.78 is 14.5. The van der Waals surface area contributed by atoms with Crippen molar-refractivity contribution >= 4 is 28.4 Å². The number of nitriles is 1. The van der Waals surface area contributed by atoms with Gasteiger partial charge < -0.3 is 0 Å². The molecule has 0 spiro atoms. The normalized spacial score (nSPS) is 11.7. The van der Waals surface area contributed by atoms with Gasteiger partial charge in [-0.15, -0.1) is 0 Å². The van der Waals surface area contributed by atoms with Gasteiger partial charge in [-0.2, -0.15) is 5.26 Å². The van der Waals surface area contributed by atoms with Crippen molar-refractivity contribution in [1.29, 1.82) is 5.26 Å². The van der Waals surface area contributed by atoms with E-state index in [-0.39, 0.29) is 17.8 Å². The molecular weight excluding hydrogens is 368 g/mol. The number of halogens is 2. The molecule has 2 aromatic rings. The highest BCUT2D eigenvalue weighted by atomic mass is 127. The summed E-state index contributed by atoms with van der Waals surface area (Å²) in [4.78, 5) is 12.5. The van der Waals surface area contributed by atoms with E-state index in [1.54, 1.807) is 36.4 Å². The molecule has 1 atom stereocenters. The number of hydrogen-bond donors (Lipinski definition) is 0. The predicted octanol–water partition coefficient (Wildman–Crippen LogP) is 4.31. The summed E-state index contributed by atoms with van der Waals surface area (Å²) in [7, 11) is 0. The van der Waals surface area contributed by atoms with Crippen molar-refractivity contribution in [2.45, 2.75) is 12.3 Å². The third-order valence-electron chi connectivity index (χ3n) is 3.03. The van der Waals surface area contributed by atoms with E-state index >= 15 is 0 Å². The van der Waals surface area contributed by atoms with Gasteiger partial charge in [0, 0.05) is 9.99 Å². The van der Waals surface area contributed by atoms with E-state index in [2.05, 4.69) is 0 Å². The van der Waals surface area contributed by atoms with E-state index in [4.69, 9.17) is 5.26 Å². The second kappa shape index (κ2) is 6.62. The van der Waals surface area contributed by atoms with Crippen molar-refractivity contribution in [1.82, 2.24) is 0 Å². The summed E-state index contributed by atoms with van der Waals surface area (Å²) in [5.74, 6) is -1.50. The summed E-state index contributed by atoms with van der Waals surface area (Å²) >= 11 is 1.85. The Bertz CT molecular complexity index is 664. The Labute approximate surface area is 130 Å². The highest BCUT2D eigenvalue weighted by Crippen LogP contribution is 2.26. The summed E-state index contributed by atoms with van der Waals surface area (Å²) in [6, 6.07) is 15.7. The molecule has 2 aromatic carbocycles. The van der Waals surface area contributed by atoms with Crippen LogP contribution in [0.15, 0.2) is 48.5 Å². The van der Waals surface area contributed by atoms with Crippen molar-refractivity contribution in [3.63, 3.8) is 0 Å². The van der Waals surface area contributed by atoms with Crippen LogP contribution >= 0.6 is 22.6 Å². The molecule has 0 radical (unpaired) electrons. The SMILES string of the molecule is N#CCC(C(=O)c1cccc(I)c1F)c1ccccc1. The van der Waals surface area contributed by atoms with Gasteiger partial charge >= 0.3 is 0 Å². The lowest BCUT2D eigenvalue weighted by atomic mass is 9.88. The van der Waals surface area contributed by atoms with Crippen LogP contribution in [0.3, 0.4) is 0 Å². The van der Waals surface area contributed by atoms with Crippen LogP contribution in [0.4, 0.5) is 4.39 Å². The van der Waals surface area contributed by atoms with Crippen molar-refractivity contribution < 1.29 is 9.18 Å². The zero-order valence-electron chi connectivity index (χ0n) is 10.5. The molecule has 2 nitrogen and oxygen atoms in total. The smallest absolute Gasteiger partial charge is 0.174 e. The second-order valence-corrected chi connectivity index (χ2v) is 5.45. The molecule has 0 saturated carbocycles. The average molecular weight is 379 g/mol. The highest BCUT2D eigenvalue weighted by molar-refractivity contribution is 14.1. The zero-order chi connectivity index (χ0) is 14.5. The Kier molecular flexibility index (Phi) is 4.85. The van der Waals surface area contributed by atoms with Crippen LogP contribution in [-0.4, -0.2) is 5.78 Å². The first-order valence-corrected chi connectivity index (χ1v) is 7.13. The van der Waals surface area contributed by atoms with E-state index in [1.807, 2.05) is 34.7 Å². The van der Waals surface area contributed by atoms with Gasteiger partial charge in [0.1, 0.15) is 5.82 Å². The van der Waals surface area contributed by atoms with E-state index in [9.17, 15) is 9.18 Å². The van der Waals surface area contributed by atoms with E-state index in [0.717, 1.165) is 5.56 Å². The summed E-state index contributed by atoms with van der Waals surface area (Å²) in [5.41, 5.74) is 0.776. The molecular formula is C16H11FINO. The molecule has 100 valence electrons. The second-order valence-electron chi connectivity index (χ2n) is 4.29. The van der Waals surface area contributed by atoms with Crippen LogP contribution in [-0.2, 0) is 0 Å². The summed E-state index contributed by atoms with van der Waals surface area (Å²) in [6.07, 6.45) is 0.0355. The number of carbonyl (C=O) groups is 1. The minimum atomic E-state index is -0.631. The largest absolute Gasteiger partial charge is 0.293 e. The van der Waals surface area contributed by atoms with Crippen LogP contribution in [0.1, 0.15) is 28.3 Å². The summed E-state index contributed by atoms with van der Waals surface area (Å²) in [6.45, 7) is 0. The van der Waals surface area contributed by atoms with Crippen LogP contribution in [0.25, 0.3) is 0 Å². The standard InChI is InChI=1S/C16H11FINO/c17-15-13(7-4-8-14(15)18)16(20)12(9-10-19)11-5-2-1-3-6-11/h1-8,12H,9H2. The average Bonchev–Trinajstić information content (AvgIpc) is 2.48. The first-order chi connectivity index (χ1) is 9.65. The lowest BCUT2D eigenvalue weighted by molar-refractivity contribution is 0.0956. The molecule has 0 aromatic heterocycles. The molecule has 0 bridgehead atoms. The van der Waals surface area contributed by atoms with Crippen LogP contribution in [0, 0.1) is 20.7 Å². The molecule has 20 heavy (non-hydrogen) atoms. The Hall–Kier alpha value is -1.74. The quantitative estimate of drug-likeness (QED) is 0.587. The Morgan fingerprint density at radius 1 is 1.20 bits per heavy atom. The van der Waals surface area contributed by atoms with Crippen LogP contribution < -0.4 is 0 Å². The first kappa shape index (κ1) is 14.7. The molecule has 0 N–H and O–H groups in total. The number of hydrogen-bond acceptors (Lipinski definition) is 2. The maximum Gasteiger partial charge on any atom is 0.174 e. The number of carbonyl (C=O) groups excluding carboxylic acids is 1. The molecule has 0 heterocycles. The van der Waals surface area contributed by atoms with E-state index < -0.39 is 11.7 Å². The molecule has 0 aliphatic rings. The monoisotopic (exact) mass is 379 g/mol. The van der Waals surface area contributed by atoms with Gasteiger partial charge in [0.2, 0.25) is 0 Å². The minimum absolute atomic E-state index is 0.0355. The number of Topliss-reactive ketones (excluding diaryl/α,β-unsaturated/α-hetero) is 1.